The number of rotatable bonds is 7. The van der Waals surface area contributed by atoms with E-state index in [0.29, 0.717) is 17.4 Å². The van der Waals surface area contributed by atoms with E-state index in [4.69, 9.17) is 4.74 Å². The van der Waals surface area contributed by atoms with Crippen molar-refractivity contribution in [3.63, 3.8) is 0 Å². The van der Waals surface area contributed by atoms with Gasteiger partial charge in [0.1, 0.15) is 11.4 Å². The van der Waals surface area contributed by atoms with Gasteiger partial charge < -0.3 is 10.1 Å². The van der Waals surface area contributed by atoms with Gasteiger partial charge in [-0.3, -0.25) is 10.1 Å². The van der Waals surface area contributed by atoms with Gasteiger partial charge in [-0.1, -0.05) is 20.3 Å². The van der Waals surface area contributed by atoms with Crippen molar-refractivity contribution in [2.75, 3.05) is 12.4 Å². The molecule has 0 aliphatic rings. The van der Waals surface area contributed by atoms with E-state index >= 15 is 0 Å². The Labute approximate surface area is 114 Å². The highest BCUT2D eigenvalue weighted by Gasteiger charge is 2.17. The number of nitro benzene ring substituents is 1. The number of nitrogens with zero attached hydrogens (tertiary/aromatic N) is 1. The van der Waals surface area contributed by atoms with Crippen LogP contribution in [-0.4, -0.2) is 18.1 Å². The summed E-state index contributed by atoms with van der Waals surface area (Å²) in [6.45, 7) is 6.37. The van der Waals surface area contributed by atoms with Crippen LogP contribution in [0.5, 0.6) is 5.75 Å². The summed E-state index contributed by atoms with van der Waals surface area (Å²) in [6, 6.07) is 5.07. The third kappa shape index (κ3) is 4.43. The first kappa shape index (κ1) is 15.3. The quantitative estimate of drug-likeness (QED) is 0.601. The molecular formula is C14H22N2O3. The summed E-state index contributed by atoms with van der Waals surface area (Å²) in [7, 11) is 1.50. The number of anilines is 1. The van der Waals surface area contributed by atoms with E-state index in [1.807, 2.05) is 6.92 Å². The molecule has 0 saturated heterocycles. The van der Waals surface area contributed by atoms with Gasteiger partial charge in [-0.05, 0) is 31.4 Å². The fourth-order valence-electron chi connectivity index (χ4n) is 2.01. The van der Waals surface area contributed by atoms with Crippen molar-refractivity contribution in [3.05, 3.63) is 28.3 Å². The molecule has 5 nitrogen and oxygen atoms in total. The predicted octanol–water partition coefficient (Wildman–Crippen LogP) is 3.84. The molecule has 0 radical (unpaired) electrons. The molecule has 5 heteroatoms. The lowest BCUT2D eigenvalue weighted by Gasteiger charge is -2.18. The van der Waals surface area contributed by atoms with Gasteiger partial charge >= 0.3 is 0 Å². The van der Waals surface area contributed by atoms with E-state index in [2.05, 4.69) is 19.2 Å². The Kier molecular flexibility index (Phi) is 5.60. The normalized spacial score (nSPS) is 13.7. The number of benzene rings is 1. The molecule has 1 aromatic carbocycles. The lowest BCUT2D eigenvalue weighted by Crippen LogP contribution is -2.18. The van der Waals surface area contributed by atoms with Crippen molar-refractivity contribution in [3.8, 4) is 5.75 Å². The van der Waals surface area contributed by atoms with Crippen molar-refractivity contribution >= 4 is 11.4 Å². The van der Waals surface area contributed by atoms with Crippen LogP contribution in [0.3, 0.4) is 0 Å². The molecule has 1 N–H and O–H groups in total. The monoisotopic (exact) mass is 266 g/mol. The number of nitro groups is 1. The Balaban J connectivity index is 2.85. The molecule has 0 saturated carbocycles. The number of hydrogen-bond acceptors (Lipinski definition) is 4. The number of ether oxygens (including phenoxy) is 1. The molecule has 0 bridgehead atoms. The third-order valence-corrected chi connectivity index (χ3v) is 3.26. The van der Waals surface area contributed by atoms with E-state index in [0.717, 1.165) is 12.8 Å². The average Bonchev–Trinajstić information content (AvgIpc) is 2.38. The maximum atomic E-state index is 11.1. The lowest BCUT2D eigenvalue weighted by atomic mass is 10.00. The lowest BCUT2D eigenvalue weighted by molar-refractivity contribution is -0.384. The van der Waals surface area contributed by atoms with Gasteiger partial charge in [0.15, 0.2) is 0 Å². The van der Waals surface area contributed by atoms with Gasteiger partial charge in [-0.15, -0.1) is 0 Å². The van der Waals surface area contributed by atoms with Crippen LogP contribution in [0.25, 0.3) is 0 Å². The molecule has 0 fully saturated rings. The van der Waals surface area contributed by atoms with Crippen LogP contribution in [0.4, 0.5) is 11.4 Å². The molecule has 1 rings (SSSR count). The zero-order valence-electron chi connectivity index (χ0n) is 12.0. The SMILES string of the molecule is CCC(C)CC(C)Nc1ccc(OC)cc1[N+](=O)[O-]. The largest absolute Gasteiger partial charge is 0.496 e. The zero-order valence-corrected chi connectivity index (χ0v) is 12.0. The Hall–Kier alpha value is -1.78. The topological polar surface area (TPSA) is 64.4 Å². The van der Waals surface area contributed by atoms with Gasteiger partial charge in [0.05, 0.1) is 18.1 Å². The van der Waals surface area contributed by atoms with E-state index in [1.165, 1.54) is 13.2 Å². The van der Waals surface area contributed by atoms with Crippen LogP contribution in [0, 0.1) is 16.0 Å². The minimum absolute atomic E-state index is 0.0513. The van der Waals surface area contributed by atoms with E-state index in [9.17, 15) is 10.1 Å². The molecule has 0 amide bonds. The minimum Gasteiger partial charge on any atom is -0.496 e. The second-order valence-corrected chi connectivity index (χ2v) is 4.93. The number of methoxy groups -OCH3 is 1. The average molecular weight is 266 g/mol. The summed E-state index contributed by atoms with van der Waals surface area (Å²) in [5.41, 5.74) is 0.594. The number of nitrogens with one attached hydrogen (secondary N) is 1. The summed E-state index contributed by atoms with van der Waals surface area (Å²) in [5, 5.41) is 14.3. The molecule has 19 heavy (non-hydrogen) atoms. The van der Waals surface area contributed by atoms with Crippen molar-refractivity contribution in [1.29, 1.82) is 0 Å². The van der Waals surface area contributed by atoms with Crippen LogP contribution in [0.15, 0.2) is 18.2 Å². The maximum absolute atomic E-state index is 11.1. The number of hydrogen-bond donors (Lipinski definition) is 1. The zero-order chi connectivity index (χ0) is 14.4. The molecule has 0 aromatic heterocycles. The Bertz CT molecular complexity index is 435. The highest BCUT2D eigenvalue weighted by atomic mass is 16.6. The predicted molar refractivity (Wildman–Crippen MR) is 76.8 cm³/mol. The van der Waals surface area contributed by atoms with Crippen LogP contribution in [0.2, 0.25) is 0 Å². The highest BCUT2D eigenvalue weighted by Crippen LogP contribution is 2.30. The van der Waals surface area contributed by atoms with Crippen molar-refractivity contribution in [2.24, 2.45) is 5.92 Å². The summed E-state index contributed by atoms with van der Waals surface area (Å²) >= 11 is 0. The summed E-state index contributed by atoms with van der Waals surface area (Å²) in [4.78, 5) is 10.7. The van der Waals surface area contributed by atoms with Gasteiger partial charge in [-0.25, -0.2) is 0 Å². The minimum atomic E-state index is -0.388. The van der Waals surface area contributed by atoms with Crippen LogP contribution in [0.1, 0.15) is 33.6 Å². The van der Waals surface area contributed by atoms with Crippen LogP contribution in [-0.2, 0) is 0 Å². The molecule has 2 atom stereocenters. The second kappa shape index (κ2) is 6.97. The van der Waals surface area contributed by atoms with Crippen molar-refractivity contribution in [1.82, 2.24) is 0 Å². The Morgan fingerprint density at radius 2 is 2.11 bits per heavy atom. The first-order chi connectivity index (χ1) is 8.97. The molecule has 1 aromatic rings. The van der Waals surface area contributed by atoms with Crippen molar-refractivity contribution < 1.29 is 9.66 Å². The van der Waals surface area contributed by atoms with E-state index < -0.39 is 0 Å². The van der Waals surface area contributed by atoms with Crippen LogP contribution >= 0.6 is 0 Å². The first-order valence-corrected chi connectivity index (χ1v) is 6.56. The standard InChI is InChI=1S/C14H22N2O3/c1-5-10(2)8-11(3)15-13-7-6-12(19-4)9-14(13)16(17)18/h6-7,9-11,15H,5,8H2,1-4H3. The first-order valence-electron chi connectivity index (χ1n) is 6.56. The van der Waals surface area contributed by atoms with Crippen LogP contribution < -0.4 is 10.1 Å². The summed E-state index contributed by atoms with van der Waals surface area (Å²) in [6.07, 6.45) is 2.09. The van der Waals surface area contributed by atoms with Gasteiger partial charge in [-0.2, -0.15) is 0 Å². The molecule has 2 unspecified atom stereocenters. The van der Waals surface area contributed by atoms with Gasteiger partial charge in [0.25, 0.3) is 5.69 Å². The highest BCUT2D eigenvalue weighted by molar-refractivity contribution is 5.64. The molecule has 0 aliphatic carbocycles. The second-order valence-electron chi connectivity index (χ2n) is 4.93. The van der Waals surface area contributed by atoms with Crippen molar-refractivity contribution in [2.45, 2.75) is 39.7 Å². The molecule has 0 heterocycles. The molecule has 106 valence electrons. The third-order valence-electron chi connectivity index (χ3n) is 3.26. The van der Waals surface area contributed by atoms with E-state index in [-0.39, 0.29) is 16.7 Å². The Morgan fingerprint density at radius 3 is 2.63 bits per heavy atom. The smallest absolute Gasteiger partial charge is 0.296 e. The Morgan fingerprint density at radius 1 is 1.42 bits per heavy atom. The van der Waals surface area contributed by atoms with Gasteiger partial charge in [0, 0.05) is 6.04 Å². The van der Waals surface area contributed by atoms with E-state index in [1.54, 1.807) is 12.1 Å². The molecule has 0 spiro atoms. The fourth-order valence-corrected chi connectivity index (χ4v) is 2.01. The summed E-state index contributed by atoms with van der Waals surface area (Å²) < 4.78 is 5.01. The molecular weight excluding hydrogens is 244 g/mol. The van der Waals surface area contributed by atoms with Gasteiger partial charge in [0.2, 0.25) is 0 Å². The fraction of sp³-hybridized carbons (Fsp3) is 0.571. The maximum Gasteiger partial charge on any atom is 0.296 e. The molecule has 0 aliphatic heterocycles. The summed E-state index contributed by atoms with van der Waals surface area (Å²) in [5.74, 6) is 1.09.